The number of amides is 2. The first-order chi connectivity index (χ1) is 17.0. The van der Waals surface area contributed by atoms with Crippen molar-refractivity contribution in [2.45, 2.75) is 44.2 Å². The first-order valence-corrected chi connectivity index (χ1v) is 11.6. The number of aliphatic carboxylic acids is 1. The van der Waals surface area contributed by atoms with Crippen molar-refractivity contribution in [2.24, 2.45) is 0 Å². The summed E-state index contributed by atoms with van der Waals surface area (Å²) in [6.45, 7) is 2.00. The molecule has 9 heteroatoms. The number of nitrogens with zero attached hydrogens (tertiary/aromatic N) is 1. The Balaban J connectivity index is 1.38. The number of aromatic nitrogens is 2. The molecule has 1 aromatic heterocycles. The van der Waals surface area contributed by atoms with Crippen LogP contribution in [0.4, 0.5) is 4.79 Å². The number of hydrogen-bond donors (Lipinski definition) is 4. The van der Waals surface area contributed by atoms with Crippen LogP contribution in [-0.2, 0) is 20.7 Å². The van der Waals surface area contributed by atoms with Crippen LogP contribution in [0, 0.1) is 0 Å². The third-order valence-electron chi connectivity index (χ3n) is 6.12. The molecule has 4 N–H and O–H groups in total. The third-order valence-corrected chi connectivity index (χ3v) is 6.12. The fraction of sp³-hybridized carbons (Fsp3) is 0.308. The number of fused-ring (bicyclic) bond motifs is 3. The number of alkyl carbamates (subject to hydrolysis) is 1. The van der Waals surface area contributed by atoms with E-state index in [-0.39, 0.29) is 18.9 Å². The number of carbonyl (C=O) groups excluding carboxylic acids is 2. The quantitative estimate of drug-likeness (QED) is 0.355. The van der Waals surface area contributed by atoms with Crippen LogP contribution in [0.25, 0.3) is 11.1 Å². The number of rotatable bonds is 10. The van der Waals surface area contributed by atoms with Gasteiger partial charge in [-0.15, -0.1) is 0 Å². The lowest BCUT2D eigenvalue weighted by molar-refractivity contribution is -0.142. The number of aromatic amines is 1. The zero-order chi connectivity index (χ0) is 24.8. The number of benzene rings is 2. The summed E-state index contributed by atoms with van der Waals surface area (Å²) in [5.74, 6) is -1.85. The smallest absolute Gasteiger partial charge is 0.407 e. The predicted octanol–water partition coefficient (Wildman–Crippen LogP) is 3.23. The van der Waals surface area contributed by atoms with Crippen LogP contribution < -0.4 is 10.6 Å². The monoisotopic (exact) mass is 476 g/mol. The maximum absolute atomic E-state index is 12.8. The molecule has 1 aliphatic rings. The number of imidazole rings is 1. The lowest BCUT2D eigenvalue weighted by Gasteiger charge is -2.21. The molecule has 3 aromatic rings. The first-order valence-electron chi connectivity index (χ1n) is 11.6. The number of H-pyrrole nitrogens is 1. The van der Waals surface area contributed by atoms with Crippen molar-refractivity contribution < 1.29 is 24.2 Å². The molecule has 2 atom stereocenters. The standard InChI is InChI=1S/C26H28N4O5/c1-2-7-22(24(31)29-23(25(32)33)12-16-13-27-15-28-16)30-26(34)35-14-21-19-10-5-3-8-17(19)18-9-4-6-11-20(18)21/h3-6,8-11,13,15,21-23H,2,7,12,14H2,1H3,(H,27,28)(H,29,31)(H,30,34)(H,32,33)/t22-,23-/m0/s1. The van der Waals surface area contributed by atoms with E-state index in [0.29, 0.717) is 18.5 Å². The predicted molar refractivity (Wildman–Crippen MR) is 129 cm³/mol. The van der Waals surface area contributed by atoms with Gasteiger partial charge in [-0.2, -0.15) is 0 Å². The van der Waals surface area contributed by atoms with Gasteiger partial charge in [0.15, 0.2) is 0 Å². The van der Waals surface area contributed by atoms with Crippen LogP contribution in [0.1, 0.15) is 42.5 Å². The molecule has 0 aliphatic heterocycles. The number of nitrogens with one attached hydrogen (secondary N) is 3. The second kappa shape index (κ2) is 10.9. The van der Waals surface area contributed by atoms with Gasteiger partial charge in [0.2, 0.25) is 5.91 Å². The van der Waals surface area contributed by atoms with E-state index in [0.717, 1.165) is 22.3 Å². The summed E-state index contributed by atoms with van der Waals surface area (Å²) in [6.07, 6.45) is 3.22. The van der Waals surface area contributed by atoms with Gasteiger partial charge >= 0.3 is 12.1 Å². The fourth-order valence-corrected chi connectivity index (χ4v) is 4.43. The topological polar surface area (TPSA) is 133 Å². The van der Waals surface area contributed by atoms with Crippen LogP contribution >= 0.6 is 0 Å². The highest BCUT2D eigenvalue weighted by Gasteiger charge is 2.30. The number of carbonyl (C=O) groups is 3. The first kappa shape index (κ1) is 24.0. The summed E-state index contributed by atoms with van der Waals surface area (Å²) >= 11 is 0. The molecule has 1 aliphatic carbocycles. The van der Waals surface area contributed by atoms with Crippen LogP contribution in [0.3, 0.4) is 0 Å². The second-order valence-corrected chi connectivity index (χ2v) is 8.49. The van der Waals surface area contributed by atoms with E-state index in [1.54, 1.807) is 0 Å². The van der Waals surface area contributed by atoms with Crippen molar-refractivity contribution >= 4 is 18.0 Å². The van der Waals surface area contributed by atoms with E-state index in [1.165, 1.54) is 12.5 Å². The molecule has 9 nitrogen and oxygen atoms in total. The van der Waals surface area contributed by atoms with E-state index >= 15 is 0 Å². The summed E-state index contributed by atoms with van der Waals surface area (Å²) in [6, 6.07) is 14.0. The molecule has 0 saturated heterocycles. The second-order valence-electron chi connectivity index (χ2n) is 8.49. The molecule has 0 radical (unpaired) electrons. The molecule has 182 valence electrons. The maximum atomic E-state index is 12.8. The van der Waals surface area contributed by atoms with Gasteiger partial charge in [0.1, 0.15) is 18.7 Å². The highest BCUT2D eigenvalue weighted by molar-refractivity contribution is 5.89. The molecular formula is C26H28N4O5. The molecule has 35 heavy (non-hydrogen) atoms. The summed E-state index contributed by atoms with van der Waals surface area (Å²) in [7, 11) is 0. The van der Waals surface area contributed by atoms with Crippen LogP contribution in [0.15, 0.2) is 61.1 Å². The van der Waals surface area contributed by atoms with Gasteiger partial charge in [0, 0.05) is 24.2 Å². The van der Waals surface area contributed by atoms with Gasteiger partial charge in [0.25, 0.3) is 0 Å². The summed E-state index contributed by atoms with van der Waals surface area (Å²) in [4.78, 5) is 43.8. The average molecular weight is 477 g/mol. The van der Waals surface area contributed by atoms with E-state index in [1.807, 2.05) is 43.3 Å². The van der Waals surface area contributed by atoms with Gasteiger partial charge in [-0.05, 0) is 28.7 Å². The van der Waals surface area contributed by atoms with Gasteiger partial charge in [0.05, 0.1) is 6.33 Å². The average Bonchev–Trinajstić information content (AvgIpc) is 3.48. The van der Waals surface area contributed by atoms with Crippen LogP contribution in [0.5, 0.6) is 0 Å². The molecule has 0 spiro atoms. The van der Waals surface area contributed by atoms with Crippen molar-refractivity contribution in [3.63, 3.8) is 0 Å². The Morgan fingerprint density at radius 1 is 1.03 bits per heavy atom. The zero-order valence-electron chi connectivity index (χ0n) is 19.4. The molecule has 2 amide bonds. The zero-order valence-corrected chi connectivity index (χ0v) is 19.4. The summed E-state index contributed by atoms with van der Waals surface area (Å²) in [5.41, 5.74) is 5.00. The van der Waals surface area contributed by atoms with Gasteiger partial charge in [-0.3, -0.25) is 4.79 Å². The van der Waals surface area contributed by atoms with E-state index < -0.39 is 30.1 Å². The van der Waals surface area contributed by atoms with Crippen molar-refractivity contribution in [1.29, 1.82) is 0 Å². The minimum atomic E-state index is -1.18. The molecular weight excluding hydrogens is 448 g/mol. The van der Waals surface area contributed by atoms with Crippen molar-refractivity contribution in [3.05, 3.63) is 77.9 Å². The molecule has 1 heterocycles. The lowest BCUT2D eigenvalue weighted by Crippen LogP contribution is -2.52. The molecule has 0 fully saturated rings. The molecule has 0 saturated carbocycles. The highest BCUT2D eigenvalue weighted by Crippen LogP contribution is 2.44. The van der Waals surface area contributed by atoms with E-state index in [2.05, 4.69) is 32.7 Å². The molecule has 0 unspecified atom stereocenters. The number of hydrogen-bond acceptors (Lipinski definition) is 5. The fourth-order valence-electron chi connectivity index (χ4n) is 4.43. The normalized spacial score (nSPS) is 13.9. The van der Waals surface area contributed by atoms with Gasteiger partial charge < -0.3 is 25.5 Å². The van der Waals surface area contributed by atoms with Crippen LogP contribution in [0.2, 0.25) is 0 Å². The van der Waals surface area contributed by atoms with Crippen LogP contribution in [-0.4, -0.2) is 51.7 Å². The highest BCUT2D eigenvalue weighted by atomic mass is 16.5. The number of carboxylic acid groups (broad SMARTS) is 1. The minimum Gasteiger partial charge on any atom is -0.480 e. The number of carboxylic acids is 1. The van der Waals surface area contributed by atoms with E-state index in [4.69, 9.17) is 4.74 Å². The van der Waals surface area contributed by atoms with Crippen molar-refractivity contribution in [1.82, 2.24) is 20.6 Å². The Morgan fingerprint density at radius 2 is 1.69 bits per heavy atom. The Hall–Kier alpha value is -4.14. The summed E-state index contributed by atoms with van der Waals surface area (Å²) < 4.78 is 5.54. The molecule has 0 bridgehead atoms. The Kier molecular flexibility index (Phi) is 7.45. The van der Waals surface area contributed by atoms with E-state index in [9.17, 15) is 19.5 Å². The molecule has 4 rings (SSSR count). The Labute approximate surface area is 202 Å². The maximum Gasteiger partial charge on any atom is 0.407 e. The lowest BCUT2D eigenvalue weighted by atomic mass is 9.98. The van der Waals surface area contributed by atoms with Gasteiger partial charge in [-0.1, -0.05) is 61.9 Å². The summed E-state index contributed by atoms with van der Waals surface area (Å²) in [5, 5.41) is 14.6. The SMILES string of the molecule is CCC[C@H](NC(=O)OCC1c2ccccc2-c2ccccc21)C(=O)N[C@@H](Cc1cnc[nH]1)C(=O)O. The van der Waals surface area contributed by atoms with Crippen molar-refractivity contribution in [2.75, 3.05) is 6.61 Å². The molecule has 2 aromatic carbocycles. The Morgan fingerprint density at radius 3 is 2.26 bits per heavy atom. The largest absolute Gasteiger partial charge is 0.480 e. The number of ether oxygens (including phenoxy) is 1. The third kappa shape index (κ3) is 5.51. The van der Waals surface area contributed by atoms with Crippen molar-refractivity contribution in [3.8, 4) is 11.1 Å². The van der Waals surface area contributed by atoms with Gasteiger partial charge in [-0.25, -0.2) is 14.6 Å². The minimum absolute atomic E-state index is 0.0465. The Bertz CT molecular complexity index is 1150.